The summed E-state index contributed by atoms with van der Waals surface area (Å²) in [5.41, 5.74) is 0.369. The Morgan fingerprint density at radius 2 is 1.90 bits per heavy atom. The summed E-state index contributed by atoms with van der Waals surface area (Å²) in [7, 11) is 0. The molecular formula is C13H18Cl2N2O3. The maximum atomic E-state index is 10.7. The van der Waals surface area contributed by atoms with Crippen LogP contribution in [0.3, 0.4) is 0 Å². The van der Waals surface area contributed by atoms with Gasteiger partial charge in [0.15, 0.2) is 0 Å². The minimum atomic E-state index is -0.526. The van der Waals surface area contributed by atoms with Crippen molar-refractivity contribution < 1.29 is 9.66 Å². The van der Waals surface area contributed by atoms with Gasteiger partial charge >= 0.3 is 0 Å². The molecule has 0 saturated carbocycles. The van der Waals surface area contributed by atoms with E-state index in [1.165, 1.54) is 12.1 Å². The molecule has 0 amide bonds. The molecule has 1 unspecified atom stereocenters. The van der Waals surface area contributed by atoms with E-state index in [-0.39, 0.29) is 21.8 Å². The van der Waals surface area contributed by atoms with Crippen LogP contribution in [0.15, 0.2) is 12.1 Å². The number of nitrogens with one attached hydrogen (secondary N) is 1. The highest BCUT2D eigenvalue weighted by Crippen LogP contribution is 2.35. The number of nitro groups is 1. The van der Waals surface area contributed by atoms with Gasteiger partial charge in [0, 0.05) is 18.7 Å². The summed E-state index contributed by atoms with van der Waals surface area (Å²) in [5, 5.41) is 14.4. The van der Waals surface area contributed by atoms with Crippen LogP contribution in [0.25, 0.3) is 0 Å². The third-order valence-electron chi connectivity index (χ3n) is 2.87. The fourth-order valence-corrected chi connectivity index (χ4v) is 2.22. The first-order chi connectivity index (χ1) is 9.36. The van der Waals surface area contributed by atoms with Crippen molar-refractivity contribution in [3.05, 3.63) is 32.3 Å². The fourth-order valence-electron chi connectivity index (χ4n) is 1.63. The van der Waals surface area contributed by atoms with Crippen LogP contribution in [-0.4, -0.2) is 24.2 Å². The Labute approximate surface area is 128 Å². The molecule has 1 aromatic rings. The molecule has 0 aliphatic carbocycles. The Morgan fingerprint density at radius 1 is 1.35 bits per heavy atom. The topological polar surface area (TPSA) is 64.4 Å². The molecular weight excluding hydrogens is 303 g/mol. The molecule has 1 rings (SSSR count). The second-order valence-electron chi connectivity index (χ2n) is 4.70. The second-order valence-corrected chi connectivity index (χ2v) is 5.51. The third-order valence-corrected chi connectivity index (χ3v) is 3.47. The average Bonchev–Trinajstić information content (AvgIpc) is 2.36. The van der Waals surface area contributed by atoms with Crippen molar-refractivity contribution >= 4 is 34.6 Å². The zero-order chi connectivity index (χ0) is 15.3. The first-order valence-corrected chi connectivity index (χ1v) is 7.10. The van der Waals surface area contributed by atoms with Crippen molar-refractivity contribution in [2.24, 2.45) is 5.92 Å². The maximum absolute atomic E-state index is 10.7. The summed E-state index contributed by atoms with van der Waals surface area (Å²) in [6, 6.07) is 2.59. The van der Waals surface area contributed by atoms with Crippen LogP contribution in [0.2, 0.25) is 10.0 Å². The van der Waals surface area contributed by atoms with E-state index in [9.17, 15) is 10.1 Å². The number of nitro benzene ring substituents is 1. The number of hydrogen-bond acceptors (Lipinski definition) is 4. The van der Waals surface area contributed by atoms with Crippen molar-refractivity contribution in [2.75, 3.05) is 18.5 Å². The summed E-state index contributed by atoms with van der Waals surface area (Å²) < 4.78 is 5.41. The number of nitrogens with zero attached hydrogens (tertiary/aromatic N) is 1. The Hall–Kier alpha value is -1.04. The molecule has 0 heterocycles. The first kappa shape index (κ1) is 17.0. The first-order valence-electron chi connectivity index (χ1n) is 6.34. The molecule has 0 bridgehead atoms. The van der Waals surface area contributed by atoms with Gasteiger partial charge in [0.1, 0.15) is 0 Å². The minimum absolute atomic E-state index is 0.0198. The van der Waals surface area contributed by atoms with Gasteiger partial charge in [-0.25, -0.2) is 0 Å². The lowest BCUT2D eigenvalue weighted by Gasteiger charge is -2.24. The van der Waals surface area contributed by atoms with Crippen LogP contribution in [0, 0.1) is 16.0 Å². The van der Waals surface area contributed by atoms with Crippen molar-refractivity contribution in [2.45, 2.75) is 26.8 Å². The molecule has 7 heteroatoms. The number of benzene rings is 1. The molecule has 1 atom stereocenters. The van der Waals surface area contributed by atoms with Gasteiger partial charge in [0.25, 0.3) is 5.69 Å². The maximum Gasteiger partial charge on any atom is 0.272 e. The summed E-state index contributed by atoms with van der Waals surface area (Å²) in [6.07, 6.45) is 0. The number of anilines is 1. The molecule has 0 aliphatic rings. The Kier molecular flexibility index (Phi) is 6.52. The molecule has 112 valence electrons. The number of non-ortho nitro benzene ring substituents is 1. The average molecular weight is 321 g/mol. The molecule has 0 fully saturated rings. The lowest BCUT2D eigenvalue weighted by molar-refractivity contribution is -0.384. The number of halogens is 2. The van der Waals surface area contributed by atoms with Crippen LogP contribution >= 0.6 is 23.2 Å². The molecule has 0 aromatic heterocycles. The van der Waals surface area contributed by atoms with Crippen LogP contribution in [0.4, 0.5) is 11.4 Å². The fraction of sp³-hybridized carbons (Fsp3) is 0.538. The van der Waals surface area contributed by atoms with Gasteiger partial charge < -0.3 is 10.1 Å². The van der Waals surface area contributed by atoms with Crippen LogP contribution in [0.1, 0.15) is 20.8 Å². The summed E-state index contributed by atoms with van der Waals surface area (Å²) in [4.78, 5) is 10.2. The molecule has 1 aromatic carbocycles. The molecule has 5 nitrogen and oxygen atoms in total. The van der Waals surface area contributed by atoms with E-state index in [1.807, 2.05) is 20.8 Å². The van der Waals surface area contributed by atoms with Gasteiger partial charge in [-0.05, 0) is 12.8 Å². The van der Waals surface area contributed by atoms with E-state index in [0.717, 1.165) is 0 Å². The van der Waals surface area contributed by atoms with E-state index in [2.05, 4.69) is 5.32 Å². The zero-order valence-electron chi connectivity index (χ0n) is 11.7. The van der Waals surface area contributed by atoms with Gasteiger partial charge in [-0.3, -0.25) is 10.1 Å². The van der Waals surface area contributed by atoms with Gasteiger partial charge in [-0.1, -0.05) is 37.0 Å². The predicted molar refractivity (Wildman–Crippen MR) is 81.9 cm³/mol. The molecule has 0 spiro atoms. The van der Waals surface area contributed by atoms with Crippen molar-refractivity contribution in [3.63, 3.8) is 0 Å². The van der Waals surface area contributed by atoms with Crippen molar-refractivity contribution in [3.8, 4) is 0 Å². The highest BCUT2D eigenvalue weighted by atomic mass is 35.5. The highest BCUT2D eigenvalue weighted by Gasteiger charge is 2.19. The molecule has 0 radical (unpaired) electrons. The third kappa shape index (κ3) is 4.51. The largest absolute Gasteiger partial charge is 0.380 e. The SMILES string of the molecule is CCOCC(Nc1c(Cl)cc([N+](=O)[O-])cc1Cl)C(C)C. The standard InChI is InChI=1S/C13H18Cl2N2O3/c1-4-20-7-12(8(2)3)16-13-10(14)5-9(17(18)19)6-11(13)15/h5-6,8,12,16H,4,7H2,1-3H3. The Bertz CT molecular complexity index is 458. The smallest absolute Gasteiger partial charge is 0.272 e. The molecule has 1 N–H and O–H groups in total. The monoisotopic (exact) mass is 320 g/mol. The Morgan fingerprint density at radius 3 is 2.30 bits per heavy atom. The summed E-state index contributed by atoms with van der Waals surface area (Å²) in [6.45, 7) is 7.14. The van der Waals surface area contributed by atoms with E-state index in [4.69, 9.17) is 27.9 Å². The predicted octanol–water partition coefficient (Wildman–Crippen LogP) is 4.37. The lowest BCUT2D eigenvalue weighted by atomic mass is 10.0. The van der Waals surface area contributed by atoms with Crippen molar-refractivity contribution in [1.29, 1.82) is 0 Å². The van der Waals surface area contributed by atoms with E-state index >= 15 is 0 Å². The number of ether oxygens (including phenoxy) is 1. The van der Waals surface area contributed by atoms with E-state index < -0.39 is 4.92 Å². The van der Waals surface area contributed by atoms with Crippen molar-refractivity contribution in [1.82, 2.24) is 0 Å². The Balaban J connectivity index is 2.98. The van der Waals surface area contributed by atoms with Gasteiger partial charge in [0.05, 0.1) is 33.3 Å². The van der Waals surface area contributed by atoms with Crippen LogP contribution < -0.4 is 5.32 Å². The van der Waals surface area contributed by atoms with Gasteiger partial charge in [-0.15, -0.1) is 0 Å². The number of rotatable bonds is 7. The minimum Gasteiger partial charge on any atom is -0.380 e. The van der Waals surface area contributed by atoms with E-state index in [1.54, 1.807) is 0 Å². The summed E-state index contributed by atoms with van der Waals surface area (Å²) >= 11 is 12.1. The van der Waals surface area contributed by atoms with E-state index in [0.29, 0.717) is 24.8 Å². The number of hydrogen-bond donors (Lipinski definition) is 1. The molecule has 0 saturated heterocycles. The lowest BCUT2D eigenvalue weighted by Crippen LogP contribution is -2.31. The van der Waals surface area contributed by atoms with Crippen LogP contribution in [0.5, 0.6) is 0 Å². The second kappa shape index (κ2) is 7.67. The molecule has 0 aliphatic heterocycles. The van der Waals surface area contributed by atoms with Gasteiger partial charge in [-0.2, -0.15) is 0 Å². The van der Waals surface area contributed by atoms with Gasteiger partial charge in [0.2, 0.25) is 0 Å². The zero-order valence-corrected chi connectivity index (χ0v) is 13.2. The normalized spacial score (nSPS) is 12.5. The summed E-state index contributed by atoms with van der Waals surface area (Å²) in [5.74, 6) is 0.295. The quantitative estimate of drug-likeness (QED) is 0.598. The highest BCUT2D eigenvalue weighted by molar-refractivity contribution is 6.39. The molecule has 20 heavy (non-hydrogen) atoms. The van der Waals surface area contributed by atoms with Crippen LogP contribution in [-0.2, 0) is 4.74 Å².